The van der Waals surface area contributed by atoms with Crippen molar-refractivity contribution in [3.63, 3.8) is 0 Å². The largest absolute Gasteiger partial charge is 0.463 e. The van der Waals surface area contributed by atoms with Crippen LogP contribution in [0.1, 0.15) is 20.3 Å². The van der Waals surface area contributed by atoms with Crippen LogP contribution in [0.25, 0.3) is 0 Å². The fraction of sp³-hybridized carbons (Fsp3) is 0.667. The van der Waals surface area contributed by atoms with Crippen molar-refractivity contribution in [2.75, 3.05) is 6.61 Å². The van der Waals surface area contributed by atoms with Gasteiger partial charge >= 0.3 is 11.9 Å². The third kappa shape index (κ3) is 6.94. The molecule has 0 aromatic heterocycles. The van der Waals surface area contributed by atoms with Gasteiger partial charge in [0.1, 0.15) is 0 Å². The summed E-state index contributed by atoms with van der Waals surface area (Å²) in [6.07, 6.45) is 3.03. The topological polar surface area (TPSA) is 52.6 Å². The van der Waals surface area contributed by atoms with Crippen molar-refractivity contribution in [1.82, 2.24) is 0 Å². The van der Waals surface area contributed by atoms with Gasteiger partial charge in [-0.3, -0.25) is 0 Å². The summed E-state index contributed by atoms with van der Waals surface area (Å²) in [5.74, 6) is -1.00. The van der Waals surface area contributed by atoms with Crippen LogP contribution in [0.5, 0.6) is 0 Å². The Labute approximate surface area is 104 Å². The molecule has 0 N–H and O–H groups in total. The molecule has 0 aromatic rings. The van der Waals surface area contributed by atoms with Crippen molar-refractivity contribution in [2.24, 2.45) is 0 Å². The molecular formula is C12H22O4Si. The van der Waals surface area contributed by atoms with Gasteiger partial charge in [-0.25, -0.2) is 9.59 Å². The van der Waals surface area contributed by atoms with Crippen LogP contribution in [0.2, 0.25) is 19.6 Å². The number of hydrogen-bond acceptors (Lipinski definition) is 4. The zero-order chi connectivity index (χ0) is 13.5. The van der Waals surface area contributed by atoms with Gasteiger partial charge < -0.3 is 9.47 Å². The number of ether oxygens (including phenoxy) is 2. The summed E-state index contributed by atoms with van der Waals surface area (Å²) in [5.41, 5.74) is -0.0261. The van der Waals surface area contributed by atoms with Crippen LogP contribution in [-0.2, 0) is 19.1 Å². The molecule has 0 fully saturated rings. The van der Waals surface area contributed by atoms with Crippen LogP contribution in [0.4, 0.5) is 0 Å². The minimum atomic E-state index is -1.51. The molecule has 17 heavy (non-hydrogen) atoms. The molecule has 0 bridgehead atoms. The summed E-state index contributed by atoms with van der Waals surface area (Å²) in [6.45, 7) is 10.4. The van der Waals surface area contributed by atoms with Gasteiger partial charge in [-0.1, -0.05) is 26.6 Å². The van der Waals surface area contributed by atoms with Gasteiger partial charge in [0.25, 0.3) is 0 Å². The average molecular weight is 258 g/mol. The molecule has 0 saturated carbocycles. The highest BCUT2D eigenvalue weighted by Crippen LogP contribution is 2.15. The summed E-state index contributed by atoms with van der Waals surface area (Å²) in [6, 6.07) is 0. The first-order chi connectivity index (χ1) is 7.81. The molecule has 0 heterocycles. The lowest BCUT2D eigenvalue weighted by molar-refractivity contribution is -0.141. The fourth-order valence-electron chi connectivity index (χ4n) is 1.38. The van der Waals surface area contributed by atoms with E-state index in [0.29, 0.717) is 6.61 Å². The lowest BCUT2D eigenvalue weighted by Crippen LogP contribution is -2.41. The van der Waals surface area contributed by atoms with Gasteiger partial charge in [0.15, 0.2) is 0 Å². The van der Waals surface area contributed by atoms with E-state index in [1.54, 1.807) is 6.92 Å². The van der Waals surface area contributed by atoms with Crippen LogP contribution in [0.15, 0.2) is 12.2 Å². The highest BCUT2D eigenvalue weighted by Gasteiger charge is 2.28. The molecule has 4 nitrogen and oxygen atoms in total. The maximum Gasteiger partial charge on any atom is 0.330 e. The molecule has 0 radical (unpaired) electrons. The van der Waals surface area contributed by atoms with Crippen molar-refractivity contribution >= 4 is 20.0 Å². The van der Waals surface area contributed by atoms with E-state index in [4.69, 9.17) is 4.74 Å². The predicted octanol–water partition coefficient (Wildman–Crippen LogP) is 2.30. The Kier molecular flexibility index (Phi) is 6.80. The van der Waals surface area contributed by atoms with Crippen molar-refractivity contribution in [3.05, 3.63) is 12.2 Å². The zero-order valence-electron chi connectivity index (χ0n) is 11.3. The molecule has 0 amide bonds. The molecule has 0 saturated heterocycles. The minimum absolute atomic E-state index is 0.0261. The van der Waals surface area contributed by atoms with Crippen LogP contribution < -0.4 is 0 Å². The Morgan fingerprint density at radius 2 is 1.65 bits per heavy atom. The first kappa shape index (κ1) is 15.9. The van der Waals surface area contributed by atoms with Crippen LogP contribution in [-0.4, -0.2) is 32.3 Å². The Bertz CT molecular complexity index is 291. The monoisotopic (exact) mass is 258 g/mol. The Morgan fingerprint density at radius 3 is 2.06 bits per heavy atom. The molecule has 0 aliphatic carbocycles. The second-order valence-corrected chi connectivity index (χ2v) is 10.2. The van der Waals surface area contributed by atoms with E-state index < -0.39 is 20.0 Å². The second-order valence-electron chi connectivity index (χ2n) is 4.79. The van der Waals surface area contributed by atoms with Crippen molar-refractivity contribution < 1.29 is 19.1 Å². The molecule has 0 aromatic carbocycles. The molecule has 1 unspecified atom stereocenters. The fourth-order valence-corrected chi connectivity index (χ4v) is 3.07. The predicted molar refractivity (Wildman–Crippen MR) is 69.3 cm³/mol. The molecule has 98 valence electrons. The van der Waals surface area contributed by atoms with Gasteiger partial charge in [-0.05, 0) is 13.3 Å². The smallest absolute Gasteiger partial charge is 0.330 e. The van der Waals surface area contributed by atoms with Crippen molar-refractivity contribution in [1.29, 1.82) is 0 Å². The normalized spacial score (nSPS) is 13.5. The quantitative estimate of drug-likeness (QED) is 0.417. The third-order valence-electron chi connectivity index (χ3n) is 2.24. The highest BCUT2D eigenvalue weighted by molar-refractivity contribution is 6.77. The van der Waals surface area contributed by atoms with E-state index in [1.807, 2.05) is 6.92 Å². The van der Waals surface area contributed by atoms with Crippen LogP contribution in [0, 0.1) is 0 Å². The molecule has 0 aliphatic heterocycles. The summed E-state index contributed by atoms with van der Waals surface area (Å²) in [7, 11) is -1.51. The van der Waals surface area contributed by atoms with Crippen molar-refractivity contribution in [2.45, 2.75) is 45.6 Å². The first-order valence-electron chi connectivity index (χ1n) is 5.86. The van der Waals surface area contributed by atoms with E-state index >= 15 is 0 Å². The Morgan fingerprint density at radius 1 is 1.12 bits per heavy atom. The van der Waals surface area contributed by atoms with Gasteiger partial charge in [0.2, 0.25) is 0 Å². The maximum absolute atomic E-state index is 11.5. The standard InChI is InChI=1S/C12H22O4Si/c1-6-12(17(3,4)5)16-11(14)9-8-10(13)15-7-2/h8-9,12H,6-7H2,1-5H3/b9-8+. The number of esters is 2. The molecule has 0 spiro atoms. The van der Waals surface area contributed by atoms with Gasteiger partial charge in [-0.2, -0.15) is 0 Å². The lowest BCUT2D eigenvalue weighted by atomic mass is 10.5. The molecular weight excluding hydrogens is 236 g/mol. The number of carbonyl (C=O) groups excluding carboxylic acids is 2. The molecule has 0 aliphatic rings. The minimum Gasteiger partial charge on any atom is -0.463 e. The van der Waals surface area contributed by atoms with E-state index in [0.717, 1.165) is 18.6 Å². The van der Waals surface area contributed by atoms with Crippen molar-refractivity contribution in [3.8, 4) is 0 Å². The number of carbonyl (C=O) groups is 2. The summed E-state index contributed by atoms with van der Waals surface area (Å²) in [5, 5.41) is 0. The van der Waals surface area contributed by atoms with E-state index in [2.05, 4.69) is 24.4 Å². The molecule has 1 atom stereocenters. The van der Waals surface area contributed by atoms with E-state index in [9.17, 15) is 9.59 Å². The first-order valence-corrected chi connectivity index (χ1v) is 9.44. The summed E-state index contributed by atoms with van der Waals surface area (Å²) in [4.78, 5) is 22.5. The molecule has 0 rings (SSSR count). The summed E-state index contributed by atoms with van der Waals surface area (Å²) < 4.78 is 9.99. The SMILES string of the molecule is CCOC(=O)/C=C/C(=O)OC(CC)[Si](C)(C)C. The highest BCUT2D eigenvalue weighted by atomic mass is 28.3. The lowest BCUT2D eigenvalue weighted by Gasteiger charge is -2.26. The number of hydrogen-bond donors (Lipinski definition) is 0. The Hall–Kier alpha value is -1.10. The van der Waals surface area contributed by atoms with Gasteiger partial charge in [0.05, 0.1) is 20.4 Å². The van der Waals surface area contributed by atoms with Gasteiger partial charge in [0, 0.05) is 12.2 Å². The maximum atomic E-state index is 11.5. The average Bonchev–Trinajstić information content (AvgIpc) is 2.21. The Balaban J connectivity index is 4.30. The zero-order valence-corrected chi connectivity index (χ0v) is 12.3. The summed E-state index contributed by atoms with van der Waals surface area (Å²) >= 11 is 0. The third-order valence-corrected chi connectivity index (χ3v) is 4.70. The second kappa shape index (κ2) is 7.27. The number of rotatable bonds is 6. The van der Waals surface area contributed by atoms with E-state index in [1.165, 1.54) is 0 Å². The van der Waals surface area contributed by atoms with Crippen LogP contribution >= 0.6 is 0 Å². The van der Waals surface area contributed by atoms with E-state index in [-0.39, 0.29) is 5.73 Å². The molecule has 5 heteroatoms. The van der Waals surface area contributed by atoms with Crippen LogP contribution in [0.3, 0.4) is 0 Å². The van der Waals surface area contributed by atoms with Gasteiger partial charge in [-0.15, -0.1) is 0 Å².